The first-order valence-corrected chi connectivity index (χ1v) is 6.89. The Balaban J connectivity index is 2.64. The van der Waals surface area contributed by atoms with Crippen molar-refractivity contribution < 1.29 is 4.79 Å². The molecule has 1 heterocycles. The number of pyridine rings is 1. The first-order chi connectivity index (χ1) is 8.58. The minimum Gasteiger partial charge on any atom is -0.324 e. The lowest BCUT2D eigenvalue weighted by atomic mass is 9.98. The normalized spacial score (nSPS) is 12.2. The van der Waals surface area contributed by atoms with Gasteiger partial charge < -0.3 is 5.32 Å². The lowest BCUT2D eigenvalue weighted by molar-refractivity contribution is -0.120. The van der Waals surface area contributed by atoms with Crippen LogP contribution >= 0.6 is 11.6 Å². The monoisotopic (exact) mass is 268 g/mol. The number of carbonyl (C=O) groups excluding carboxylic acids is 1. The van der Waals surface area contributed by atoms with Crippen LogP contribution in [-0.2, 0) is 4.79 Å². The van der Waals surface area contributed by atoms with E-state index in [1.807, 2.05) is 19.9 Å². The number of aromatic nitrogens is 1. The molecule has 0 aliphatic rings. The number of carbonyl (C=O) groups is 1. The van der Waals surface area contributed by atoms with E-state index in [1.165, 1.54) is 0 Å². The lowest BCUT2D eigenvalue weighted by Gasteiger charge is -2.14. The van der Waals surface area contributed by atoms with Crippen LogP contribution in [0.1, 0.15) is 45.1 Å². The van der Waals surface area contributed by atoms with Gasteiger partial charge in [-0.25, -0.2) is 4.98 Å². The maximum atomic E-state index is 12.1. The molecule has 1 aromatic rings. The largest absolute Gasteiger partial charge is 0.324 e. The molecule has 0 fully saturated rings. The molecule has 3 nitrogen and oxygen atoms in total. The summed E-state index contributed by atoms with van der Waals surface area (Å²) in [6.45, 7) is 6.06. The smallest absolute Gasteiger partial charge is 0.227 e. The summed E-state index contributed by atoms with van der Waals surface area (Å²) in [6.07, 6.45) is 5.61. The second-order valence-electron chi connectivity index (χ2n) is 4.57. The molecule has 100 valence electrons. The van der Waals surface area contributed by atoms with E-state index in [1.54, 1.807) is 6.20 Å². The highest BCUT2D eigenvalue weighted by Crippen LogP contribution is 2.19. The van der Waals surface area contributed by atoms with E-state index in [-0.39, 0.29) is 11.8 Å². The number of halogens is 1. The minimum absolute atomic E-state index is 0.0782. The number of nitrogens with one attached hydrogen (secondary N) is 1. The predicted octanol–water partition coefficient (Wildman–Crippen LogP) is 4.20. The van der Waals surface area contributed by atoms with Crippen molar-refractivity contribution in [1.29, 1.82) is 0 Å². The highest BCUT2D eigenvalue weighted by Gasteiger charge is 2.16. The van der Waals surface area contributed by atoms with Crippen LogP contribution in [-0.4, -0.2) is 10.9 Å². The van der Waals surface area contributed by atoms with Gasteiger partial charge in [0.25, 0.3) is 0 Å². The van der Waals surface area contributed by atoms with Crippen molar-refractivity contribution in [3.8, 4) is 0 Å². The zero-order chi connectivity index (χ0) is 13.5. The Hall–Kier alpha value is -1.09. The first-order valence-electron chi connectivity index (χ1n) is 6.51. The number of anilines is 1. The molecule has 1 rings (SSSR count). The molecule has 4 heteroatoms. The molecule has 1 atom stereocenters. The number of hydrogen-bond acceptors (Lipinski definition) is 2. The summed E-state index contributed by atoms with van der Waals surface area (Å²) in [5.74, 6) is 0.162. The number of amides is 1. The summed E-state index contributed by atoms with van der Waals surface area (Å²) in [7, 11) is 0. The van der Waals surface area contributed by atoms with Gasteiger partial charge in [0.2, 0.25) is 5.91 Å². The molecule has 0 spiro atoms. The third-order valence-corrected chi connectivity index (χ3v) is 3.45. The Morgan fingerprint density at radius 1 is 1.50 bits per heavy atom. The molecular formula is C14H21ClN2O. The fourth-order valence-corrected chi connectivity index (χ4v) is 1.95. The van der Waals surface area contributed by atoms with Crippen molar-refractivity contribution >= 4 is 23.2 Å². The second kappa shape index (κ2) is 7.37. The van der Waals surface area contributed by atoms with Crippen molar-refractivity contribution in [2.24, 2.45) is 5.92 Å². The summed E-state index contributed by atoms with van der Waals surface area (Å²) in [5.41, 5.74) is 1.59. The fraction of sp³-hybridized carbons (Fsp3) is 0.571. The fourth-order valence-electron chi connectivity index (χ4n) is 1.84. The number of aryl methyl sites for hydroxylation is 1. The summed E-state index contributed by atoms with van der Waals surface area (Å²) in [5, 5.41) is 3.39. The molecule has 0 saturated carbocycles. The van der Waals surface area contributed by atoms with Crippen molar-refractivity contribution in [2.45, 2.75) is 46.5 Å². The van der Waals surface area contributed by atoms with E-state index < -0.39 is 0 Å². The molecule has 1 aromatic heterocycles. The molecule has 0 aliphatic heterocycles. The summed E-state index contributed by atoms with van der Waals surface area (Å²) >= 11 is 5.85. The summed E-state index contributed by atoms with van der Waals surface area (Å²) in [4.78, 5) is 16.1. The average molecular weight is 269 g/mol. The van der Waals surface area contributed by atoms with Crippen LogP contribution in [0.3, 0.4) is 0 Å². The van der Waals surface area contributed by atoms with Crippen molar-refractivity contribution in [2.75, 3.05) is 5.32 Å². The Bertz CT molecular complexity index is 407. The maximum Gasteiger partial charge on any atom is 0.227 e. The highest BCUT2D eigenvalue weighted by molar-refractivity contribution is 6.30. The first kappa shape index (κ1) is 15.0. The molecular weight excluding hydrogens is 248 g/mol. The Morgan fingerprint density at radius 3 is 2.78 bits per heavy atom. The third-order valence-electron chi connectivity index (χ3n) is 3.05. The standard InChI is InChI=1S/C14H21ClN2O/c1-4-6-7-11(5-2)14(18)17-12-8-10(3)13(15)16-9-12/h8-9,11H,4-7H2,1-3H3,(H,17,18). The maximum absolute atomic E-state index is 12.1. The van der Waals surface area contributed by atoms with E-state index in [9.17, 15) is 4.79 Å². The molecule has 18 heavy (non-hydrogen) atoms. The number of rotatable bonds is 6. The van der Waals surface area contributed by atoms with Crippen LogP contribution in [0.2, 0.25) is 5.15 Å². The van der Waals surface area contributed by atoms with Gasteiger partial charge in [0.05, 0.1) is 11.9 Å². The van der Waals surface area contributed by atoms with Gasteiger partial charge in [-0.3, -0.25) is 4.79 Å². The van der Waals surface area contributed by atoms with Crippen LogP contribution in [0, 0.1) is 12.8 Å². The molecule has 1 unspecified atom stereocenters. The van der Waals surface area contributed by atoms with Gasteiger partial charge in [0.1, 0.15) is 5.15 Å². The van der Waals surface area contributed by atoms with Crippen LogP contribution in [0.5, 0.6) is 0 Å². The molecule has 0 aliphatic carbocycles. The molecule has 1 N–H and O–H groups in total. The van der Waals surface area contributed by atoms with Crippen LogP contribution in [0.25, 0.3) is 0 Å². The summed E-state index contributed by atoms with van der Waals surface area (Å²) in [6, 6.07) is 1.85. The van der Waals surface area contributed by atoms with Crippen LogP contribution in [0.4, 0.5) is 5.69 Å². The molecule has 1 amide bonds. The molecule has 0 radical (unpaired) electrons. The van der Waals surface area contributed by atoms with Gasteiger partial charge in [0.15, 0.2) is 0 Å². The minimum atomic E-state index is 0.0782. The Kier molecular flexibility index (Phi) is 6.13. The van der Waals surface area contributed by atoms with Crippen LogP contribution in [0.15, 0.2) is 12.3 Å². The Labute approximate surface area is 114 Å². The van der Waals surface area contributed by atoms with Crippen LogP contribution < -0.4 is 5.32 Å². The van der Waals surface area contributed by atoms with E-state index in [2.05, 4.69) is 17.2 Å². The molecule has 0 saturated heterocycles. The quantitative estimate of drug-likeness (QED) is 0.786. The number of nitrogens with zero attached hydrogens (tertiary/aromatic N) is 1. The summed E-state index contributed by atoms with van der Waals surface area (Å²) < 4.78 is 0. The van der Waals surface area contributed by atoms with Gasteiger partial charge >= 0.3 is 0 Å². The number of unbranched alkanes of at least 4 members (excludes halogenated alkanes) is 1. The Morgan fingerprint density at radius 2 is 2.22 bits per heavy atom. The SMILES string of the molecule is CCCCC(CC)C(=O)Nc1cnc(Cl)c(C)c1. The van der Waals surface area contributed by atoms with E-state index in [0.29, 0.717) is 5.15 Å². The van der Waals surface area contributed by atoms with Gasteiger partial charge in [-0.15, -0.1) is 0 Å². The van der Waals surface area contributed by atoms with E-state index in [0.717, 1.165) is 36.9 Å². The van der Waals surface area contributed by atoms with Gasteiger partial charge in [0, 0.05) is 5.92 Å². The average Bonchev–Trinajstić information content (AvgIpc) is 2.35. The lowest BCUT2D eigenvalue weighted by Crippen LogP contribution is -2.22. The zero-order valence-electron chi connectivity index (χ0n) is 11.3. The topological polar surface area (TPSA) is 42.0 Å². The van der Waals surface area contributed by atoms with Crippen molar-refractivity contribution in [1.82, 2.24) is 4.98 Å². The highest BCUT2D eigenvalue weighted by atomic mass is 35.5. The van der Waals surface area contributed by atoms with Gasteiger partial charge in [-0.2, -0.15) is 0 Å². The number of hydrogen-bond donors (Lipinski definition) is 1. The predicted molar refractivity (Wildman–Crippen MR) is 75.9 cm³/mol. The molecule has 0 bridgehead atoms. The van der Waals surface area contributed by atoms with Gasteiger partial charge in [-0.05, 0) is 31.4 Å². The van der Waals surface area contributed by atoms with Crippen molar-refractivity contribution in [3.63, 3.8) is 0 Å². The molecule has 0 aromatic carbocycles. The van der Waals surface area contributed by atoms with E-state index >= 15 is 0 Å². The van der Waals surface area contributed by atoms with Crippen molar-refractivity contribution in [3.05, 3.63) is 23.0 Å². The second-order valence-corrected chi connectivity index (χ2v) is 4.93. The third kappa shape index (κ3) is 4.30. The van der Waals surface area contributed by atoms with Gasteiger partial charge in [-0.1, -0.05) is 38.3 Å². The zero-order valence-corrected chi connectivity index (χ0v) is 12.0. The van der Waals surface area contributed by atoms with E-state index in [4.69, 9.17) is 11.6 Å².